The van der Waals surface area contributed by atoms with Gasteiger partial charge in [0.25, 0.3) is 0 Å². The van der Waals surface area contributed by atoms with Crippen LogP contribution in [-0.4, -0.2) is 18.8 Å². The average molecular weight is 280 g/mol. The SMILES string of the molecule is CCOC1CC(Nc2cccc(Cl)c2C)C12CCC2. The molecule has 0 saturated heterocycles. The van der Waals surface area contributed by atoms with Crippen molar-refractivity contribution >= 4 is 17.3 Å². The van der Waals surface area contributed by atoms with Crippen LogP contribution in [-0.2, 0) is 4.74 Å². The number of nitrogens with one attached hydrogen (secondary N) is 1. The molecule has 3 rings (SSSR count). The van der Waals surface area contributed by atoms with Crippen molar-refractivity contribution < 1.29 is 4.74 Å². The third-order valence-electron chi connectivity index (χ3n) is 5.03. The van der Waals surface area contributed by atoms with Crippen molar-refractivity contribution in [3.8, 4) is 0 Å². The van der Waals surface area contributed by atoms with Gasteiger partial charge >= 0.3 is 0 Å². The van der Waals surface area contributed by atoms with E-state index in [1.165, 1.54) is 24.9 Å². The highest BCUT2D eigenvalue weighted by Gasteiger charge is 2.58. The average Bonchev–Trinajstić information content (AvgIpc) is 2.31. The number of hydrogen-bond donors (Lipinski definition) is 1. The van der Waals surface area contributed by atoms with Crippen LogP contribution in [0.3, 0.4) is 0 Å². The zero-order valence-electron chi connectivity index (χ0n) is 11.7. The van der Waals surface area contributed by atoms with E-state index >= 15 is 0 Å². The number of anilines is 1. The van der Waals surface area contributed by atoms with Gasteiger partial charge in [-0.2, -0.15) is 0 Å². The van der Waals surface area contributed by atoms with Crippen LogP contribution in [0, 0.1) is 12.3 Å². The Morgan fingerprint density at radius 1 is 1.42 bits per heavy atom. The fourth-order valence-corrected chi connectivity index (χ4v) is 3.77. The first-order valence-corrected chi connectivity index (χ1v) is 7.68. The van der Waals surface area contributed by atoms with E-state index in [9.17, 15) is 0 Å². The summed E-state index contributed by atoms with van der Waals surface area (Å²) in [6, 6.07) is 6.64. The first-order chi connectivity index (χ1) is 9.17. The molecule has 0 bridgehead atoms. The summed E-state index contributed by atoms with van der Waals surface area (Å²) in [7, 11) is 0. The van der Waals surface area contributed by atoms with Crippen molar-refractivity contribution in [2.24, 2.45) is 5.41 Å². The lowest BCUT2D eigenvalue weighted by Crippen LogP contribution is -2.64. The summed E-state index contributed by atoms with van der Waals surface area (Å²) in [5.74, 6) is 0. The molecule has 104 valence electrons. The maximum atomic E-state index is 6.19. The van der Waals surface area contributed by atoms with Crippen LogP contribution in [0.2, 0.25) is 5.02 Å². The van der Waals surface area contributed by atoms with Crippen molar-refractivity contribution in [1.82, 2.24) is 0 Å². The van der Waals surface area contributed by atoms with Gasteiger partial charge in [-0.3, -0.25) is 0 Å². The Morgan fingerprint density at radius 3 is 2.84 bits per heavy atom. The second-order valence-corrected chi connectivity index (χ2v) is 6.28. The van der Waals surface area contributed by atoms with Gasteiger partial charge in [0.1, 0.15) is 0 Å². The smallest absolute Gasteiger partial charge is 0.0670 e. The van der Waals surface area contributed by atoms with Gasteiger partial charge in [-0.1, -0.05) is 24.1 Å². The third kappa shape index (κ3) is 2.05. The van der Waals surface area contributed by atoms with E-state index in [2.05, 4.69) is 25.2 Å². The molecule has 1 N–H and O–H groups in total. The molecule has 0 aliphatic heterocycles. The highest BCUT2D eigenvalue weighted by Crippen LogP contribution is 2.58. The second kappa shape index (κ2) is 4.99. The third-order valence-corrected chi connectivity index (χ3v) is 5.44. The molecule has 2 nitrogen and oxygen atoms in total. The summed E-state index contributed by atoms with van der Waals surface area (Å²) in [6.07, 6.45) is 5.53. The maximum Gasteiger partial charge on any atom is 0.0670 e. The standard InChI is InChI=1S/C16H22ClNO/c1-3-19-15-10-14(16(15)8-5-9-16)18-13-7-4-6-12(17)11(13)2/h4,6-7,14-15,18H,3,5,8-10H2,1-2H3. The molecule has 2 atom stereocenters. The molecule has 2 aliphatic carbocycles. The van der Waals surface area contributed by atoms with E-state index in [0.29, 0.717) is 17.6 Å². The topological polar surface area (TPSA) is 21.3 Å². The number of benzene rings is 1. The Balaban J connectivity index is 1.73. The monoisotopic (exact) mass is 279 g/mol. The molecule has 1 spiro atoms. The molecule has 2 unspecified atom stereocenters. The van der Waals surface area contributed by atoms with E-state index in [1.54, 1.807) is 0 Å². The van der Waals surface area contributed by atoms with Gasteiger partial charge < -0.3 is 10.1 Å². The van der Waals surface area contributed by atoms with Gasteiger partial charge in [0.2, 0.25) is 0 Å². The van der Waals surface area contributed by atoms with Crippen LogP contribution < -0.4 is 5.32 Å². The fourth-order valence-electron chi connectivity index (χ4n) is 3.59. The Kier molecular flexibility index (Phi) is 3.48. The molecule has 19 heavy (non-hydrogen) atoms. The van der Waals surface area contributed by atoms with Gasteiger partial charge in [-0.15, -0.1) is 0 Å². The number of rotatable bonds is 4. The fraction of sp³-hybridized carbons (Fsp3) is 0.625. The van der Waals surface area contributed by atoms with Crippen LogP contribution in [0.15, 0.2) is 18.2 Å². The summed E-state index contributed by atoms with van der Waals surface area (Å²) < 4.78 is 5.89. The van der Waals surface area contributed by atoms with Crippen molar-refractivity contribution in [2.75, 3.05) is 11.9 Å². The van der Waals surface area contributed by atoms with Crippen LogP contribution in [0.25, 0.3) is 0 Å². The Labute approximate surface area is 120 Å². The first kappa shape index (κ1) is 13.3. The van der Waals surface area contributed by atoms with Crippen molar-refractivity contribution in [3.05, 3.63) is 28.8 Å². The predicted molar refractivity (Wildman–Crippen MR) is 79.9 cm³/mol. The van der Waals surface area contributed by atoms with Crippen LogP contribution in [0.5, 0.6) is 0 Å². The summed E-state index contributed by atoms with van der Waals surface area (Å²) >= 11 is 6.19. The maximum absolute atomic E-state index is 6.19. The molecular weight excluding hydrogens is 258 g/mol. The molecule has 1 aromatic carbocycles. The molecular formula is C16H22ClNO. The largest absolute Gasteiger partial charge is 0.381 e. The molecule has 1 aromatic rings. The normalized spacial score (nSPS) is 27.7. The second-order valence-electron chi connectivity index (χ2n) is 5.88. The predicted octanol–water partition coefficient (Wildman–Crippen LogP) is 4.41. The highest BCUT2D eigenvalue weighted by atomic mass is 35.5. The van der Waals surface area contributed by atoms with E-state index in [4.69, 9.17) is 16.3 Å². The van der Waals surface area contributed by atoms with Gasteiger partial charge in [0.05, 0.1) is 6.10 Å². The summed E-state index contributed by atoms with van der Waals surface area (Å²) in [4.78, 5) is 0. The minimum atomic E-state index is 0.394. The van der Waals surface area contributed by atoms with Gasteiger partial charge in [0.15, 0.2) is 0 Å². The van der Waals surface area contributed by atoms with Crippen molar-refractivity contribution in [3.63, 3.8) is 0 Å². The molecule has 3 heteroatoms. The summed E-state index contributed by atoms with van der Waals surface area (Å²) in [5.41, 5.74) is 2.72. The van der Waals surface area contributed by atoms with Crippen LogP contribution in [0.4, 0.5) is 5.69 Å². The lowest BCUT2D eigenvalue weighted by atomic mass is 9.51. The summed E-state index contributed by atoms with van der Waals surface area (Å²) in [5, 5.41) is 4.55. The minimum Gasteiger partial charge on any atom is -0.381 e. The lowest BCUT2D eigenvalue weighted by Gasteiger charge is -2.61. The number of halogens is 1. The Morgan fingerprint density at radius 2 is 2.21 bits per heavy atom. The van der Waals surface area contributed by atoms with Crippen LogP contribution in [0.1, 0.15) is 38.2 Å². The highest BCUT2D eigenvalue weighted by molar-refractivity contribution is 6.31. The van der Waals surface area contributed by atoms with Gasteiger partial charge in [-0.05, 0) is 50.8 Å². The zero-order chi connectivity index (χ0) is 13.5. The summed E-state index contributed by atoms with van der Waals surface area (Å²) in [6.45, 7) is 5.00. The van der Waals surface area contributed by atoms with E-state index in [-0.39, 0.29) is 0 Å². The lowest BCUT2D eigenvalue weighted by molar-refractivity contribution is -0.157. The Hall–Kier alpha value is -0.730. The van der Waals surface area contributed by atoms with Crippen molar-refractivity contribution in [2.45, 2.75) is 51.7 Å². The quantitative estimate of drug-likeness (QED) is 0.882. The van der Waals surface area contributed by atoms with Crippen LogP contribution >= 0.6 is 11.6 Å². The molecule has 2 saturated carbocycles. The number of hydrogen-bond acceptors (Lipinski definition) is 2. The van der Waals surface area contributed by atoms with E-state index in [0.717, 1.165) is 23.6 Å². The van der Waals surface area contributed by atoms with Gasteiger partial charge in [0, 0.05) is 28.8 Å². The molecule has 0 amide bonds. The molecule has 2 fully saturated rings. The molecule has 0 aromatic heterocycles. The number of ether oxygens (including phenoxy) is 1. The molecule has 0 radical (unpaired) electrons. The zero-order valence-corrected chi connectivity index (χ0v) is 12.5. The van der Waals surface area contributed by atoms with Gasteiger partial charge in [-0.25, -0.2) is 0 Å². The van der Waals surface area contributed by atoms with E-state index < -0.39 is 0 Å². The molecule has 2 aliphatic rings. The van der Waals surface area contributed by atoms with E-state index in [1.807, 2.05) is 12.1 Å². The first-order valence-electron chi connectivity index (χ1n) is 7.30. The Bertz CT molecular complexity index is 470. The van der Waals surface area contributed by atoms with Crippen molar-refractivity contribution in [1.29, 1.82) is 0 Å². The molecule has 0 heterocycles. The minimum absolute atomic E-state index is 0.394.